The Hall–Kier alpha value is -1.14. The lowest BCUT2D eigenvalue weighted by atomic mass is 10.0. The van der Waals surface area contributed by atoms with Crippen LogP contribution in [-0.4, -0.2) is 49.2 Å². The van der Waals surface area contributed by atoms with Crippen molar-refractivity contribution in [3.63, 3.8) is 0 Å². The molecule has 0 saturated carbocycles. The van der Waals surface area contributed by atoms with Gasteiger partial charge >= 0.3 is 0 Å². The van der Waals surface area contributed by atoms with Crippen LogP contribution in [0.4, 0.5) is 0 Å². The average molecular weight is 429 g/mol. The minimum atomic E-state index is 0.524. The van der Waals surface area contributed by atoms with E-state index in [-0.39, 0.29) is 0 Å². The molecule has 0 aromatic carbocycles. The number of carbonyl (C=O) groups excluding carboxylic acids is 2. The molecule has 178 valence electrons. The number of rotatable bonds is 23. The third-order valence-corrected chi connectivity index (χ3v) is 5.78. The topological polar surface area (TPSA) is 59.1 Å². The number of hydrogen-bond donors (Lipinski definition) is 0. The van der Waals surface area contributed by atoms with Gasteiger partial charge in [-0.25, -0.2) is 10.1 Å². The summed E-state index contributed by atoms with van der Waals surface area (Å²) in [6.45, 7) is 11.2. The highest BCUT2D eigenvalue weighted by Gasteiger charge is 2.11. The van der Waals surface area contributed by atoms with E-state index in [1.807, 2.05) is 0 Å². The lowest BCUT2D eigenvalue weighted by molar-refractivity contribution is -0.179. The third-order valence-electron chi connectivity index (χ3n) is 5.78. The average Bonchev–Trinajstić information content (AvgIpc) is 2.78. The van der Waals surface area contributed by atoms with Crippen molar-refractivity contribution in [2.45, 2.75) is 105 Å². The number of hydrogen-bond acceptors (Lipinski definition) is 4. The lowest BCUT2D eigenvalue weighted by Gasteiger charge is -2.21. The molecule has 0 radical (unpaired) electrons. The van der Waals surface area contributed by atoms with Crippen molar-refractivity contribution in [3.05, 3.63) is 0 Å². The van der Waals surface area contributed by atoms with Crippen molar-refractivity contribution < 1.29 is 19.3 Å². The zero-order chi connectivity index (χ0) is 22.5. The third kappa shape index (κ3) is 15.7. The summed E-state index contributed by atoms with van der Waals surface area (Å²) in [5.41, 5.74) is 0. The normalized spacial score (nSPS) is 13.1. The van der Waals surface area contributed by atoms with E-state index in [4.69, 9.17) is 9.68 Å². The van der Waals surface area contributed by atoms with Gasteiger partial charge in [0.2, 0.25) is 12.8 Å². The fourth-order valence-electron chi connectivity index (χ4n) is 3.38. The van der Waals surface area contributed by atoms with Crippen LogP contribution in [0.15, 0.2) is 0 Å². The highest BCUT2D eigenvalue weighted by Crippen LogP contribution is 2.15. The summed E-state index contributed by atoms with van der Waals surface area (Å²) in [5.74, 6) is 1.05. The first kappa shape index (κ1) is 28.9. The number of nitrogens with zero attached hydrogens (tertiary/aromatic N) is 2. The maximum atomic E-state index is 11.2. The quantitative estimate of drug-likeness (QED) is 0.118. The van der Waals surface area contributed by atoms with Crippen molar-refractivity contribution in [2.24, 2.45) is 11.8 Å². The van der Waals surface area contributed by atoms with Crippen LogP contribution < -0.4 is 0 Å². The van der Waals surface area contributed by atoms with Gasteiger partial charge in [-0.05, 0) is 37.5 Å². The fraction of sp³-hybridized carbons (Fsp3) is 0.917. The molecule has 6 heteroatoms. The predicted octanol–water partition coefficient (Wildman–Crippen LogP) is 5.76. The van der Waals surface area contributed by atoms with Gasteiger partial charge in [-0.1, -0.05) is 79.1 Å². The van der Waals surface area contributed by atoms with E-state index in [1.165, 1.54) is 35.8 Å². The van der Waals surface area contributed by atoms with Gasteiger partial charge in [0.25, 0.3) is 0 Å². The fourth-order valence-corrected chi connectivity index (χ4v) is 3.38. The van der Waals surface area contributed by atoms with Crippen molar-refractivity contribution >= 4 is 12.8 Å². The molecule has 0 aliphatic rings. The molecule has 0 aliphatic heterocycles. The smallest absolute Gasteiger partial charge is 0.233 e. The molecular weight excluding hydrogens is 380 g/mol. The first-order chi connectivity index (χ1) is 14.6. The Labute approximate surface area is 185 Å². The standard InChI is InChI=1S/C24H48N2O4/c1-5-9-15-23(7-3)19-29-25(21-27)17-13-11-12-14-18-26(22-28)30-20-24(8-4)16-10-6-2/h21-24H,5-20H2,1-4H3. The first-order valence-electron chi connectivity index (χ1n) is 12.3. The monoisotopic (exact) mass is 428 g/mol. The minimum Gasteiger partial charge on any atom is -0.276 e. The van der Waals surface area contributed by atoms with Crippen molar-refractivity contribution in [2.75, 3.05) is 26.3 Å². The Morgan fingerprint density at radius 1 is 0.633 bits per heavy atom. The van der Waals surface area contributed by atoms with Gasteiger partial charge in [0.15, 0.2) is 0 Å². The van der Waals surface area contributed by atoms with Crippen LogP contribution in [0.5, 0.6) is 0 Å². The zero-order valence-electron chi connectivity index (χ0n) is 20.2. The molecule has 0 spiro atoms. The number of unbranched alkanes of at least 4 members (excludes halogenated alkanes) is 5. The van der Waals surface area contributed by atoms with Gasteiger partial charge in [0, 0.05) is 13.1 Å². The van der Waals surface area contributed by atoms with Crippen LogP contribution in [0.3, 0.4) is 0 Å². The molecule has 0 aromatic heterocycles. The van der Waals surface area contributed by atoms with Crippen molar-refractivity contribution in [1.29, 1.82) is 0 Å². The Morgan fingerprint density at radius 3 is 1.33 bits per heavy atom. The maximum Gasteiger partial charge on any atom is 0.233 e. The van der Waals surface area contributed by atoms with Gasteiger partial charge in [0.1, 0.15) is 0 Å². The first-order valence-corrected chi connectivity index (χ1v) is 12.3. The minimum absolute atomic E-state index is 0.524. The van der Waals surface area contributed by atoms with Crippen LogP contribution in [0.25, 0.3) is 0 Å². The number of carbonyl (C=O) groups is 2. The summed E-state index contributed by atoms with van der Waals surface area (Å²) in [6.07, 6.45) is 14.7. The van der Waals surface area contributed by atoms with Crippen LogP contribution >= 0.6 is 0 Å². The summed E-state index contributed by atoms with van der Waals surface area (Å²) in [7, 11) is 0. The van der Waals surface area contributed by atoms with Gasteiger partial charge in [0.05, 0.1) is 13.2 Å². The molecule has 6 nitrogen and oxygen atoms in total. The van der Waals surface area contributed by atoms with E-state index in [2.05, 4.69) is 27.7 Å². The maximum absolute atomic E-state index is 11.2. The lowest BCUT2D eigenvalue weighted by Crippen LogP contribution is -2.27. The molecule has 0 saturated heterocycles. The van der Waals surface area contributed by atoms with Crippen LogP contribution in [0.1, 0.15) is 105 Å². The Bertz CT molecular complexity index is 359. The highest BCUT2D eigenvalue weighted by atomic mass is 16.7. The Balaban J connectivity index is 3.89. The summed E-state index contributed by atoms with van der Waals surface area (Å²) in [4.78, 5) is 33.8. The summed E-state index contributed by atoms with van der Waals surface area (Å²) in [6, 6.07) is 0. The second kappa shape index (κ2) is 21.1. The van der Waals surface area contributed by atoms with E-state index < -0.39 is 0 Å². The zero-order valence-corrected chi connectivity index (χ0v) is 20.2. The summed E-state index contributed by atoms with van der Waals surface area (Å²) >= 11 is 0. The summed E-state index contributed by atoms with van der Waals surface area (Å²) in [5, 5.41) is 2.88. The molecule has 2 amide bonds. The molecule has 0 aliphatic carbocycles. The van der Waals surface area contributed by atoms with Crippen LogP contribution in [0.2, 0.25) is 0 Å². The van der Waals surface area contributed by atoms with E-state index in [1.54, 1.807) is 0 Å². The summed E-state index contributed by atoms with van der Waals surface area (Å²) < 4.78 is 0. The van der Waals surface area contributed by atoms with Gasteiger partial charge < -0.3 is 0 Å². The van der Waals surface area contributed by atoms with Gasteiger partial charge in [-0.3, -0.25) is 19.3 Å². The van der Waals surface area contributed by atoms with E-state index >= 15 is 0 Å². The molecule has 0 heterocycles. The second-order valence-corrected chi connectivity index (χ2v) is 8.33. The molecule has 0 fully saturated rings. The Kier molecular flexibility index (Phi) is 20.3. The second-order valence-electron chi connectivity index (χ2n) is 8.33. The predicted molar refractivity (Wildman–Crippen MR) is 123 cm³/mol. The largest absolute Gasteiger partial charge is 0.276 e. The molecule has 2 unspecified atom stereocenters. The van der Waals surface area contributed by atoms with E-state index in [0.717, 1.165) is 64.2 Å². The van der Waals surface area contributed by atoms with Crippen LogP contribution in [0, 0.1) is 11.8 Å². The molecule has 0 N–H and O–H groups in total. The molecule has 30 heavy (non-hydrogen) atoms. The number of hydroxylamine groups is 4. The van der Waals surface area contributed by atoms with Gasteiger partial charge in [-0.2, -0.15) is 0 Å². The molecule has 0 rings (SSSR count). The molecule has 0 bridgehead atoms. The van der Waals surface area contributed by atoms with E-state index in [0.29, 0.717) is 38.1 Å². The molecule has 2 atom stereocenters. The number of amides is 2. The van der Waals surface area contributed by atoms with Crippen molar-refractivity contribution in [1.82, 2.24) is 10.1 Å². The van der Waals surface area contributed by atoms with Crippen LogP contribution in [-0.2, 0) is 19.3 Å². The van der Waals surface area contributed by atoms with Gasteiger partial charge in [-0.15, -0.1) is 0 Å². The van der Waals surface area contributed by atoms with E-state index in [9.17, 15) is 9.59 Å². The molecular formula is C24H48N2O4. The highest BCUT2D eigenvalue weighted by molar-refractivity contribution is 5.45. The Morgan fingerprint density at radius 2 is 1.03 bits per heavy atom. The SMILES string of the molecule is CCCCC(CC)CON(C=O)CCCCCCN(C=O)OCC(CC)CCCC. The molecule has 0 aromatic rings. The van der Waals surface area contributed by atoms with Crippen molar-refractivity contribution in [3.8, 4) is 0 Å².